The summed E-state index contributed by atoms with van der Waals surface area (Å²) in [5.41, 5.74) is 3.33. The molecule has 29 heavy (non-hydrogen) atoms. The van der Waals surface area contributed by atoms with Crippen molar-refractivity contribution < 1.29 is 13.2 Å². The van der Waals surface area contributed by atoms with E-state index in [1.165, 1.54) is 9.87 Å². The Kier molecular flexibility index (Phi) is 6.75. The van der Waals surface area contributed by atoms with Crippen LogP contribution in [-0.4, -0.2) is 31.7 Å². The van der Waals surface area contributed by atoms with Crippen molar-refractivity contribution in [3.05, 3.63) is 65.2 Å². The summed E-state index contributed by atoms with van der Waals surface area (Å²) in [5.74, 6) is -0.415. The fourth-order valence-corrected chi connectivity index (χ4v) is 5.21. The summed E-state index contributed by atoms with van der Waals surface area (Å²) in [5, 5.41) is 3.06. The maximum Gasteiger partial charge on any atom is 0.243 e. The van der Waals surface area contributed by atoms with Gasteiger partial charge in [-0.2, -0.15) is 4.31 Å². The average molecular weight is 415 g/mol. The summed E-state index contributed by atoms with van der Waals surface area (Å²) in [7, 11) is -3.58. The lowest BCUT2D eigenvalue weighted by Crippen LogP contribution is -2.45. The zero-order valence-corrected chi connectivity index (χ0v) is 18.2. The molecule has 5 nitrogen and oxygen atoms in total. The van der Waals surface area contributed by atoms with Crippen LogP contribution in [0.4, 0.5) is 0 Å². The number of nitrogens with one attached hydrogen (secondary N) is 1. The van der Waals surface area contributed by atoms with Crippen molar-refractivity contribution in [1.29, 1.82) is 0 Å². The highest BCUT2D eigenvalue weighted by molar-refractivity contribution is 7.89. The normalized spacial score (nSPS) is 18.9. The van der Waals surface area contributed by atoms with Crippen molar-refractivity contribution in [3.8, 4) is 0 Å². The first kappa shape index (κ1) is 21.5. The molecule has 1 aliphatic heterocycles. The van der Waals surface area contributed by atoms with Gasteiger partial charge in [0.15, 0.2) is 0 Å². The van der Waals surface area contributed by atoms with Crippen LogP contribution >= 0.6 is 0 Å². The number of nitrogens with zero attached hydrogens (tertiary/aromatic N) is 1. The van der Waals surface area contributed by atoms with Gasteiger partial charge in [-0.25, -0.2) is 8.42 Å². The van der Waals surface area contributed by atoms with E-state index in [0.717, 1.165) is 17.5 Å². The van der Waals surface area contributed by atoms with Crippen LogP contribution in [-0.2, 0) is 21.2 Å². The van der Waals surface area contributed by atoms with E-state index in [4.69, 9.17) is 0 Å². The van der Waals surface area contributed by atoms with E-state index in [1.54, 1.807) is 24.3 Å². The molecule has 0 unspecified atom stereocenters. The van der Waals surface area contributed by atoms with Crippen molar-refractivity contribution in [2.45, 2.75) is 51.0 Å². The summed E-state index contributed by atoms with van der Waals surface area (Å²) >= 11 is 0. The van der Waals surface area contributed by atoms with Crippen LogP contribution in [0, 0.1) is 12.8 Å². The number of piperidine rings is 1. The molecule has 3 rings (SSSR count). The van der Waals surface area contributed by atoms with Crippen LogP contribution in [0.5, 0.6) is 0 Å². The third-order valence-corrected chi connectivity index (χ3v) is 7.54. The predicted octanol–water partition coefficient (Wildman–Crippen LogP) is 3.84. The molecule has 0 bridgehead atoms. The zero-order chi connectivity index (χ0) is 21.0. The van der Waals surface area contributed by atoms with Crippen LogP contribution in [0.15, 0.2) is 53.4 Å². The molecule has 0 aromatic heterocycles. The number of hydrogen-bond donors (Lipinski definition) is 1. The molecule has 1 fully saturated rings. The second kappa shape index (κ2) is 9.09. The minimum Gasteiger partial charge on any atom is -0.349 e. The van der Waals surface area contributed by atoms with E-state index in [1.807, 2.05) is 26.0 Å². The van der Waals surface area contributed by atoms with Crippen LogP contribution in [0.3, 0.4) is 0 Å². The monoisotopic (exact) mass is 414 g/mol. The second-order valence-electron chi connectivity index (χ2n) is 7.84. The van der Waals surface area contributed by atoms with Gasteiger partial charge >= 0.3 is 0 Å². The van der Waals surface area contributed by atoms with Crippen molar-refractivity contribution in [3.63, 3.8) is 0 Å². The Morgan fingerprint density at radius 3 is 2.41 bits per heavy atom. The van der Waals surface area contributed by atoms with Crippen molar-refractivity contribution >= 4 is 15.9 Å². The number of carbonyl (C=O) groups is 1. The highest BCUT2D eigenvalue weighted by Crippen LogP contribution is 2.25. The molecule has 2 aromatic carbocycles. The third-order valence-electron chi connectivity index (χ3n) is 5.66. The fraction of sp³-hybridized carbons (Fsp3) is 0.435. The van der Waals surface area contributed by atoms with Gasteiger partial charge < -0.3 is 5.32 Å². The van der Waals surface area contributed by atoms with E-state index in [0.29, 0.717) is 19.4 Å². The van der Waals surface area contributed by atoms with E-state index in [9.17, 15) is 13.2 Å². The quantitative estimate of drug-likeness (QED) is 0.781. The Morgan fingerprint density at radius 1 is 1.14 bits per heavy atom. The second-order valence-corrected chi connectivity index (χ2v) is 9.78. The summed E-state index contributed by atoms with van der Waals surface area (Å²) in [4.78, 5) is 13.1. The molecule has 0 spiro atoms. The maximum absolute atomic E-state index is 13.0. The van der Waals surface area contributed by atoms with Gasteiger partial charge in [-0.05, 0) is 56.4 Å². The standard InChI is InChI=1S/C23H30N2O3S/c1-4-19-9-11-20(12-10-19)18(3)24-23(26)21-6-5-15-25(16-21)29(27,28)22-13-7-17(2)8-14-22/h7-14,18,21H,4-6,15-16H2,1-3H3,(H,24,26)/t18-,21-/m0/s1. The lowest BCUT2D eigenvalue weighted by Gasteiger charge is -2.32. The molecule has 2 aromatic rings. The summed E-state index contributed by atoms with van der Waals surface area (Å²) in [6.45, 7) is 6.67. The molecule has 1 amide bonds. The zero-order valence-electron chi connectivity index (χ0n) is 17.4. The van der Waals surface area contributed by atoms with Crippen LogP contribution in [0.2, 0.25) is 0 Å². The summed E-state index contributed by atoms with van der Waals surface area (Å²) in [6.07, 6.45) is 2.37. The molecule has 156 valence electrons. The van der Waals surface area contributed by atoms with Crippen LogP contribution in [0.25, 0.3) is 0 Å². The topological polar surface area (TPSA) is 66.5 Å². The Hall–Kier alpha value is -2.18. The van der Waals surface area contributed by atoms with Gasteiger partial charge in [-0.1, -0.05) is 48.9 Å². The van der Waals surface area contributed by atoms with E-state index < -0.39 is 10.0 Å². The molecule has 1 aliphatic rings. The van der Waals surface area contributed by atoms with Gasteiger partial charge in [0, 0.05) is 13.1 Å². The van der Waals surface area contributed by atoms with Gasteiger partial charge in [-0.3, -0.25) is 4.79 Å². The summed E-state index contributed by atoms with van der Waals surface area (Å²) in [6, 6.07) is 15.0. The van der Waals surface area contributed by atoms with E-state index in [2.05, 4.69) is 24.4 Å². The van der Waals surface area contributed by atoms with Gasteiger partial charge in [0.1, 0.15) is 0 Å². The molecule has 1 N–H and O–H groups in total. The molecule has 1 heterocycles. The molecule has 1 saturated heterocycles. The van der Waals surface area contributed by atoms with Crippen LogP contribution < -0.4 is 5.32 Å². The number of hydrogen-bond acceptors (Lipinski definition) is 3. The number of benzene rings is 2. The fourth-order valence-electron chi connectivity index (χ4n) is 3.69. The Balaban J connectivity index is 1.66. The number of aryl methyl sites for hydroxylation is 2. The van der Waals surface area contributed by atoms with Crippen molar-refractivity contribution in [1.82, 2.24) is 9.62 Å². The SMILES string of the molecule is CCc1ccc([C@H](C)NC(=O)[C@H]2CCCN(S(=O)(=O)c3ccc(C)cc3)C2)cc1. The first-order valence-corrected chi connectivity index (χ1v) is 11.7. The number of sulfonamides is 1. The Labute approximate surface area is 174 Å². The smallest absolute Gasteiger partial charge is 0.243 e. The minimum absolute atomic E-state index is 0.0825. The lowest BCUT2D eigenvalue weighted by atomic mass is 9.97. The molecule has 0 aliphatic carbocycles. The van der Waals surface area contributed by atoms with Gasteiger partial charge in [0.25, 0.3) is 0 Å². The van der Waals surface area contributed by atoms with E-state index >= 15 is 0 Å². The van der Waals surface area contributed by atoms with Gasteiger partial charge in [0.2, 0.25) is 15.9 Å². The molecular formula is C23H30N2O3S. The maximum atomic E-state index is 13.0. The van der Waals surface area contributed by atoms with Gasteiger partial charge in [-0.15, -0.1) is 0 Å². The molecule has 6 heteroatoms. The Bertz CT molecular complexity index is 937. The first-order valence-electron chi connectivity index (χ1n) is 10.3. The number of rotatable bonds is 6. The first-order chi connectivity index (χ1) is 13.8. The summed E-state index contributed by atoms with van der Waals surface area (Å²) < 4.78 is 27.4. The van der Waals surface area contributed by atoms with Crippen LogP contribution in [0.1, 0.15) is 49.4 Å². The average Bonchev–Trinajstić information content (AvgIpc) is 2.74. The predicted molar refractivity (Wildman–Crippen MR) is 115 cm³/mol. The molecule has 0 radical (unpaired) electrons. The number of amides is 1. The number of carbonyl (C=O) groups excluding carboxylic acids is 1. The molecule has 0 saturated carbocycles. The largest absolute Gasteiger partial charge is 0.349 e. The Morgan fingerprint density at radius 2 is 1.79 bits per heavy atom. The minimum atomic E-state index is -3.58. The molecular weight excluding hydrogens is 384 g/mol. The van der Waals surface area contributed by atoms with Crippen molar-refractivity contribution in [2.24, 2.45) is 5.92 Å². The van der Waals surface area contributed by atoms with Gasteiger partial charge in [0.05, 0.1) is 16.9 Å². The van der Waals surface area contributed by atoms with E-state index in [-0.39, 0.29) is 29.3 Å². The molecule has 2 atom stereocenters. The lowest BCUT2D eigenvalue weighted by molar-refractivity contribution is -0.126. The highest BCUT2D eigenvalue weighted by Gasteiger charge is 2.33. The third kappa shape index (κ3) is 5.06. The highest BCUT2D eigenvalue weighted by atomic mass is 32.2. The van der Waals surface area contributed by atoms with Crippen molar-refractivity contribution in [2.75, 3.05) is 13.1 Å².